The van der Waals surface area contributed by atoms with Crippen molar-refractivity contribution in [2.45, 2.75) is 140 Å². The molecule has 3 saturated heterocycles. The average molecular weight is 864 g/mol. The summed E-state index contributed by atoms with van der Waals surface area (Å²) in [6.45, 7) is 14.1. The van der Waals surface area contributed by atoms with Crippen molar-refractivity contribution in [1.82, 2.24) is 14.7 Å². The van der Waals surface area contributed by atoms with Crippen LogP contribution in [0.1, 0.15) is 116 Å². The van der Waals surface area contributed by atoms with E-state index >= 15 is 0 Å². The van der Waals surface area contributed by atoms with Crippen LogP contribution in [-0.2, 0) is 34.1 Å². The molecule has 5 aliphatic rings. The van der Waals surface area contributed by atoms with Crippen LogP contribution in [0, 0.1) is 16.2 Å². The molecule has 1 radical (unpaired) electrons. The van der Waals surface area contributed by atoms with E-state index < -0.39 is 10.2 Å². The molecule has 0 aromatic rings. The molecule has 11 nitrogen and oxygen atoms in total. The normalized spacial score (nSPS) is 25.3. The Morgan fingerprint density at radius 1 is 0.547 bits per heavy atom. The minimum absolute atomic E-state index is 0. The molecule has 0 aromatic heterocycles. The van der Waals surface area contributed by atoms with Gasteiger partial charge in [-0.05, 0) is 44.9 Å². The molecule has 53 heavy (non-hydrogen) atoms. The summed E-state index contributed by atoms with van der Waals surface area (Å²) in [5.74, 6) is 0.886. The van der Waals surface area contributed by atoms with Gasteiger partial charge in [-0.3, -0.25) is 0 Å². The first kappa shape index (κ1) is 49.4. The third-order valence-corrected chi connectivity index (χ3v) is 11.6. The largest absolute Gasteiger partial charge is 1.00 e. The Hall–Kier alpha value is 0.209. The zero-order chi connectivity index (χ0) is 36.0. The number of hydrogen-bond acceptors (Lipinski definition) is 7. The minimum Gasteiger partial charge on any atom is -0.685 e. The van der Waals surface area contributed by atoms with Crippen molar-refractivity contribution >= 4 is 0 Å². The monoisotopic (exact) mass is 861 g/mol. The van der Waals surface area contributed by atoms with Crippen LogP contribution in [0.15, 0.2) is 24.4 Å². The summed E-state index contributed by atoms with van der Waals surface area (Å²) in [5.41, 5.74) is 0. The van der Waals surface area contributed by atoms with E-state index in [1.54, 1.807) is 0 Å². The number of nitrogens with zero attached hydrogens (tertiary/aromatic N) is 7. The second-order valence-corrected chi connectivity index (χ2v) is 16.4. The number of rotatable bonds is 20. The fourth-order valence-electron chi connectivity index (χ4n) is 8.48. The predicted octanol–water partition coefficient (Wildman–Crippen LogP) is 4.51. The van der Waals surface area contributed by atoms with Crippen molar-refractivity contribution in [2.75, 3.05) is 78.5 Å². The zero-order valence-corrected chi connectivity index (χ0v) is 34.8. The van der Waals surface area contributed by atoms with Gasteiger partial charge in [-0.25, -0.2) is 0 Å². The Kier molecular flexibility index (Phi) is 27.4. The van der Waals surface area contributed by atoms with Crippen LogP contribution >= 0.6 is 0 Å². The summed E-state index contributed by atoms with van der Waals surface area (Å²) >= 11 is 0. The Morgan fingerprint density at radius 2 is 0.962 bits per heavy atom. The van der Waals surface area contributed by atoms with Gasteiger partial charge in [-0.1, -0.05) is 127 Å². The summed E-state index contributed by atoms with van der Waals surface area (Å²) in [6, 6.07) is 2.11. The Labute approximate surface area is 346 Å². The van der Waals surface area contributed by atoms with Crippen molar-refractivity contribution in [2.24, 2.45) is 5.92 Å². The number of hydrogen-bond donors (Lipinski definition) is 1. The van der Waals surface area contributed by atoms with Gasteiger partial charge < -0.3 is 36.0 Å². The standard InChI is InChI=1S/C39H69N7.ClHO4.2Cu/c1-2-12-35(13-3-1)34-46(32-30-44(26-18-36-14-4-8-22-40-36)27-19-37-15-5-9-23-41-37)33-31-45(28-20-38-16-6-10-24-42-38)29-21-39-17-7-11-25-43-39;2-1(3,4)5;;/h4,8,14,22,35-39H,1-3,5-7,9-13,15-21,23-34H2;(H,2,3,4,5);;/q-4;;;+1. The molecule has 4 aliphatic heterocycles. The van der Waals surface area contributed by atoms with E-state index in [1.165, 1.54) is 162 Å². The molecule has 5 rings (SSSR count). The van der Waals surface area contributed by atoms with Gasteiger partial charge in [0.05, 0.1) is 14.9 Å². The third kappa shape index (κ3) is 23.9. The summed E-state index contributed by atoms with van der Waals surface area (Å²) in [6.07, 6.45) is 32.4. The van der Waals surface area contributed by atoms with Crippen LogP contribution in [0.25, 0.3) is 21.3 Å². The second-order valence-electron chi connectivity index (χ2n) is 15.6. The summed E-state index contributed by atoms with van der Waals surface area (Å²) in [5, 5.41) is 19.7. The van der Waals surface area contributed by atoms with Crippen LogP contribution in [0.2, 0.25) is 0 Å². The fraction of sp³-hybridized carbons (Fsp3) is 0.897. The quantitative estimate of drug-likeness (QED) is 0.177. The van der Waals surface area contributed by atoms with Crippen LogP contribution in [0.3, 0.4) is 0 Å². The van der Waals surface area contributed by atoms with Gasteiger partial charge in [-0.15, -0.1) is 37.8 Å². The van der Waals surface area contributed by atoms with E-state index in [0.717, 1.165) is 38.5 Å². The maximum atomic E-state index is 8.60. The molecule has 1 N–H and O–H groups in total. The molecule has 4 fully saturated rings. The van der Waals surface area contributed by atoms with Gasteiger partial charge in [0, 0.05) is 49.8 Å². The Bertz CT molecular complexity index is 917. The van der Waals surface area contributed by atoms with Gasteiger partial charge in [0.1, 0.15) is 0 Å². The molecule has 317 valence electrons. The third-order valence-electron chi connectivity index (χ3n) is 11.6. The van der Waals surface area contributed by atoms with Gasteiger partial charge >= 0.3 is 17.1 Å². The topological polar surface area (TPSA) is 156 Å². The molecule has 0 aromatic carbocycles. The fourth-order valence-corrected chi connectivity index (χ4v) is 8.48. The van der Waals surface area contributed by atoms with Crippen molar-refractivity contribution in [3.8, 4) is 0 Å². The van der Waals surface area contributed by atoms with Gasteiger partial charge in [0.2, 0.25) is 0 Å². The van der Waals surface area contributed by atoms with E-state index in [-0.39, 0.29) is 34.1 Å². The molecule has 0 spiro atoms. The van der Waals surface area contributed by atoms with Crippen LogP contribution in [-0.4, -0.2) is 122 Å². The molecular weight excluding hydrogens is 793 g/mol. The number of allylic oxidation sites excluding steroid dienone is 2. The zero-order valence-electron chi connectivity index (χ0n) is 32.2. The second kappa shape index (κ2) is 29.4. The maximum Gasteiger partial charge on any atom is 1.00 e. The van der Waals surface area contributed by atoms with Crippen molar-refractivity contribution < 1.29 is 63.0 Å². The SMILES string of the molecule is C1=C[N-]C(CCN(CCC2CCCC[N-]2)CCN(CCN(CCC2CCCC[N-]2)CCC2CCCC[N-]2)CC2CCCCC2)C=C1.[Cu+].[Cu].[O-][Cl+3]([O-])([O-])O. The molecule has 14 heteroatoms. The first-order valence-electron chi connectivity index (χ1n) is 20.6. The molecule has 1 saturated carbocycles. The van der Waals surface area contributed by atoms with E-state index in [2.05, 4.69) is 32.9 Å². The maximum absolute atomic E-state index is 8.60. The molecule has 4 atom stereocenters. The van der Waals surface area contributed by atoms with E-state index in [4.69, 9.17) is 39.9 Å². The average Bonchev–Trinajstić information content (AvgIpc) is 3.15. The van der Waals surface area contributed by atoms with Crippen LogP contribution in [0.5, 0.6) is 0 Å². The van der Waals surface area contributed by atoms with Crippen LogP contribution < -0.4 is 14.0 Å². The Balaban J connectivity index is 0.00000130. The molecule has 0 bridgehead atoms. The first-order valence-corrected chi connectivity index (χ1v) is 21.9. The van der Waals surface area contributed by atoms with Gasteiger partial charge in [-0.2, -0.15) is 20.2 Å². The Morgan fingerprint density at radius 3 is 1.36 bits per heavy atom. The first-order chi connectivity index (χ1) is 24.8. The summed E-state index contributed by atoms with van der Waals surface area (Å²) < 4.78 is 32.7. The number of piperidine rings is 3. The van der Waals surface area contributed by atoms with Crippen molar-refractivity contribution in [1.29, 1.82) is 0 Å². The molecular formula is C39H70ClCu2N7O4-3. The minimum atomic E-state index is -4.69. The van der Waals surface area contributed by atoms with Crippen molar-refractivity contribution in [3.05, 3.63) is 45.7 Å². The van der Waals surface area contributed by atoms with E-state index in [1.807, 2.05) is 6.20 Å². The van der Waals surface area contributed by atoms with Gasteiger partial charge in [0.25, 0.3) is 0 Å². The molecule has 4 heterocycles. The van der Waals surface area contributed by atoms with Crippen LogP contribution in [0.4, 0.5) is 0 Å². The summed E-state index contributed by atoms with van der Waals surface area (Å²) in [7, 11) is -4.69. The summed E-state index contributed by atoms with van der Waals surface area (Å²) in [4.78, 5) is 8.46. The van der Waals surface area contributed by atoms with E-state index in [9.17, 15) is 0 Å². The molecule has 4 unspecified atom stereocenters. The van der Waals surface area contributed by atoms with Gasteiger partial charge in [0.15, 0.2) is 0 Å². The predicted molar refractivity (Wildman–Crippen MR) is 200 cm³/mol. The molecule has 0 amide bonds. The number of halogens is 1. The smallest absolute Gasteiger partial charge is 0.685 e. The van der Waals surface area contributed by atoms with Crippen molar-refractivity contribution in [3.63, 3.8) is 0 Å². The molecule has 1 aliphatic carbocycles. The van der Waals surface area contributed by atoms with E-state index in [0.29, 0.717) is 24.2 Å².